The monoisotopic (exact) mass is 256 g/mol. The van der Waals surface area contributed by atoms with Crippen LogP contribution in [0.1, 0.15) is 10.8 Å². The molecule has 1 atom stereocenters. The fraction of sp³-hybridized carbons (Fsp3) is 0.0714. The summed E-state index contributed by atoms with van der Waals surface area (Å²) in [6.07, 6.45) is 0. The van der Waals surface area contributed by atoms with E-state index in [1.165, 1.54) is 0 Å². The zero-order valence-electron chi connectivity index (χ0n) is 9.59. The van der Waals surface area contributed by atoms with Crippen LogP contribution in [0, 0.1) is 0 Å². The molecule has 0 radical (unpaired) electrons. The first-order valence-corrected chi connectivity index (χ1v) is 6.54. The Hall–Kier alpha value is -1.94. The normalized spacial score (nSPS) is 18.0. The summed E-state index contributed by atoms with van der Waals surface area (Å²) in [5.41, 5.74) is 8.21. The van der Waals surface area contributed by atoms with E-state index in [2.05, 4.69) is 5.32 Å². The number of benzene rings is 2. The third-order valence-electron chi connectivity index (χ3n) is 2.89. The minimum absolute atomic E-state index is 0.0170. The van der Waals surface area contributed by atoms with E-state index < -0.39 is 0 Å². The first kappa shape index (κ1) is 11.2. The lowest BCUT2D eigenvalue weighted by atomic mass is 10.1. The highest BCUT2D eigenvalue weighted by atomic mass is 32.2. The Balaban J connectivity index is 2.00. The maximum Gasteiger partial charge on any atom is 0.242 e. The molecule has 90 valence electrons. The van der Waals surface area contributed by atoms with E-state index in [0.29, 0.717) is 5.69 Å². The highest BCUT2D eigenvalue weighted by molar-refractivity contribution is 8.00. The van der Waals surface area contributed by atoms with Gasteiger partial charge in [-0.2, -0.15) is 0 Å². The maximum absolute atomic E-state index is 12.1. The number of rotatable bonds is 1. The number of nitrogens with one attached hydrogen (secondary N) is 1. The number of hydrogen-bond donors (Lipinski definition) is 2. The Kier molecular flexibility index (Phi) is 2.72. The number of nitrogens with two attached hydrogens (primary N) is 1. The number of anilines is 2. The third kappa shape index (κ3) is 1.84. The van der Waals surface area contributed by atoms with Crippen molar-refractivity contribution in [3.05, 3.63) is 54.1 Å². The van der Waals surface area contributed by atoms with Gasteiger partial charge in [0.05, 0.1) is 11.4 Å². The molecule has 0 fully saturated rings. The van der Waals surface area contributed by atoms with E-state index in [1.807, 2.05) is 42.5 Å². The molecule has 3 nitrogen and oxygen atoms in total. The van der Waals surface area contributed by atoms with Crippen LogP contribution in [0.3, 0.4) is 0 Å². The molecule has 1 unspecified atom stereocenters. The van der Waals surface area contributed by atoms with Crippen molar-refractivity contribution in [1.29, 1.82) is 0 Å². The average Bonchev–Trinajstić information content (AvgIpc) is 2.40. The van der Waals surface area contributed by atoms with Crippen molar-refractivity contribution in [3.8, 4) is 0 Å². The SMILES string of the molecule is Nc1cccc2c1NC(=O)C(c1ccccc1)S2. The number of nitrogen functional groups attached to an aromatic ring is 1. The van der Waals surface area contributed by atoms with Crippen LogP contribution in [0.25, 0.3) is 0 Å². The van der Waals surface area contributed by atoms with Gasteiger partial charge in [-0.05, 0) is 17.7 Å². The van der Waals surface area contributed by atoms with Crippen LogP contribution in [-0.2, 0) is 4.79 Å². The van der Waals surface area contributed by atoms with Crippen LogP contribution in [0.2, 0.25) is 0 Å². The second-order valence-electron chi connectivity index (χ2n) is 4.12. The molecule has 0 aliphatic carbocycles. The standard InChI is InChI=1S/C14H12N2OS/c15-10-7-4-8-11-12(10)16-14(17)13(18-11)9-5-2-1-3-6-9/h1-8,13H,15H2,(H,16,17). The lowest BCUT2D eigenvalue weighted by Crippen LogP contribution is -2.23. The summed E-state index contributed by atoms with van der Waals surface area (Å²) in [7, 11) is 0. The van der Waals surface area contributed by atoms with E-state index in [0.717, 1.165) is 16.1 Å². The van der Waals surface area contributed by atoms with Gasteiger partial charge in [-0.1, -0.05) is 36.4 Å². The van der Waals surface area contributed by atoms with Gasteiger partial charge in [0.2, 0.25) is 5.91 Å². The van der Waals surface area contributed by atoms with Crippen LogP contribution in [0.4, 0.5) is 11.4 Å². The molecule has 4 heteroatoms. The Morgan fingerprint density at radius 3 is 2.61 bits per heavy atom. The van der Waals surface area contributed by atoms with E-state index in [-0.39, 0.29) is 11.2 Å². The summed E-state index contributed by atoms with van der Waals surface area (Å²) in [6.45, 7) is 0. The van der Waals surface area contributed by atoms with Gasteiger partial charge in [-0.3, -0.25) is 4.79 Å². The van der Waals surface area contributed by atoms with E-state index >= 15 is 0 Å². The van der Waals surface area contributed by atoms with E-state index in [4.69, 9.17) is 5.73 Å². The molecule has 0 spiro atoms. The first-order valence-electron chi connectivity index (χ1n) is 5.66. The van der Waals surface area contributed by atoms with Gasteiger partial charge in [0, 0.05) is 4.90 Å². The predicted molar refractivity (Wildman–Crippen MR) is 74.5 cm³/mol. The maximum atomic E-state index is 12.1. The van der Waals surface area contributed by atoms with Crippen LogP contribution in [0.15, 0.2) is 53.4 Å². The summed E-state index contributed by atoms with van der Waals surface area (Å²) >= 11 is 1.54. The second kappa shape index (κ2) is 4.38. The largest absolute Gasteiger partial charge is 0.397 e. The van der Waals surface area contributed by atoms with Gasteiger partial charge in [-0.15, -0.1) is 11.8 Å². The second-order valence-corrected chi connectivity index (χ2v) is 5.27. The first-order chi connectivity index (χ1) is 8.75. The molecule has 0 aromatic heterocycles. The van der Waals surface area contributed by atoms with Gasteiger partial charge >= 0.3 is 0 Å². The molecule has 0 saturated heterocycles. The lowest BCUT2D eigenvalue weighted by Gasteiger charge is -2.25. The molecule has 1 heterocycles. The highest BCUT2D eigenvalue weighted by Crippen LogP contribution is 2.45. The smallest absolute Gasteiger partial charge is 0.242 e. The number of amides is 1. The van der Waals surface area contributed by atoms with Crippen molar-refractivity contribution in [2.45, 2.75) is 10.1 Å². The average molecular weight is 256 g/mol. The van der Waals surface area contributed by atoms with Gasteiger partial charge in [-0.25, -0.2) is 0 Å². The third-order valence-corrected chi connectivity index (χ3v) is 4.21. The molecular weight excluding hydrogens is 244 g/mol. The molecule has 18 heavy (non-hydrogen) atoms. The van der Waals surface area contributed by atoms with Crippen molar-refractivity contribution in [3.63, 3.8) is 0 Å². The topological polar surface area (TPSA) is 55.1 Å². The van der Waals surface area contributed by atoms with Gasteiger partial charge in [0.25, 0.3) is 0 Å². The minimum atomic E-state index is -0.208. The number of carbonyl (C=O) groups is 1. The molecule has 0 bridgehead atoms. The molecular formula is C14H12N2OS. The number of thioether (sulfide) groups is 1. The molecule has 3 N–H and O–H groups in total. The number of fused-ring (bicyclic) bond motifs is 1. The van der Waals surface area contributed by atoms with Crippen LogP contribution < -0.4 is 11.1 Å². The summed E-state index contributed by atoms with van der Waals surface area (Å²) in [5, 5.41) is 2.68. The zero-order chi connectivity index (χ0) is 12.5. The Morgan fingerprint density at radius 1 is 1.06 bits per heavy atom. The van der Waals surface area contributed by atoms with Crippen molar-refractivity contribution in [1.82, 2.24) is 0 Å². The zero-order valence-corrected chi connectivity index (χ0v) is 10.4. The molecule has 0 saturated carbocycles. The van der Waals surface area contributed by atoms with Gasteiger partial charge in [0.1, 0.15) is 5.25 Å². The number of hydrogen-bond acceptors (Lipinski definition) is 3. The molecule has 1 amide bonds. The van der Waals surface area contributed by atoms with E-state index in [1.54, 1.807) is 17.8 Å². The predicted octanol–water partition coefficient (Wildman–Crippen LogP) is 3.05. The molecule has 2 aromatic rings. The van der Waals surface area contributed by atoms with Gasteiger partial charge in [0.15, 0.2) is 0 Å². The Bertz CT molecular complexity index is 598. The number of carbonyl (C=O) groups excluding carboxylic acids is 1. The quantitative estimate of drug-likeness (QED) is 0.771. The fourth-order valence-corrected chi connectivity index (χ4v) is 3.15. The summed E-state index contributed by atoms with van der Waals surface area (Å²) < 4.78 is 0. The molecule has 1 aliphatic rings. The van der Waals surface area contributed by atoms with Crippen LogP contribution >= 0.6 is 11.8 Å². The lowest BCUT2D eigenvalue weighted by molar-refractivity contribution is -0.115. The van der Waals surface area contributed by atoms with Gasteiger partial charge < -0.3 is 11.1 Å². The summed E-state index contributed by atoms with van der Waals surface area (Å²) in [6, 6.07) is 15.4. The summed E-state index contributed by atoms with van der Waals surface area (Å²) in [5.74, 6) is -0.0170. The minimum Gasteiger partial charge on any atom is -0.397 e. The molecule has 3 rings (SSSR count). The molecule has 1 aliphatic heterocycles. The summed E-state index contributed by atoms with van der Waals surface area (Å²) in [4.78, 5) is 13.1. The highest BCUT2D eigenvalue weighted by Gasteiger charge is 2.29. The Morgan fingerprint density at radius 2 is 1.83 bits per heavy atom. The number of para-hydroxylation sites is 1. The van der Waals surface area contributed by atoms with Crippen molar-refractivity contribution < 1.29 is 4.79 Å². The fourth-order valence-electron chi connectivity index (χ4n) is 2.00. The van der Waals surface area contributed by atoms with Crippen molar-refractivity contribution in [2.24, 2.45) is 0 Å². The van der Waals surface area contributed by atoms with Crippen LogP contribution in [0.5, 0.6) is 0 Å². The molecule has 2 aromatic carbocycles. The Labute approximate surface area is 109 Å². The van der Waals surface area contributed by atoms with E-state index in [9.17, 15) is 4.79 Å². The van der Waals surface area contributed by atoms with Crippen molar-refractivity contribution in [2.75, 3.05) is 11.1 Å². The van der Waals surface area contributed by atoms with Crippen LogP contribution in [-0.4, -0.2) is 5.91 Å². The van der Waals surface area contributed by atoms with Crippen molar-refractivity contribution >= 4 is 29.0 Å².